The van der Waals surface area contributed by atoms with Gasteiger partial charge in [0.25, 0.3) is 0 Å². The van der Waals surface area contributed by atoms with Crippen LogP contribution in [0.3, 0.4) is 0 Å². The van der Waals surface area contributed by atoms with Crippen LogP contribution in [-0.4, -0.2) is 49.1 Å². The maximum Gasteiger partial charge on any atom is 0.126 e. The minimum absolute atomic E-state index is 0.0219. The summed E-state index contributed by atoms with van der Waals surface area (Å²) in [5.74, 6) is 1.48. The summed E-state index contributed by atoms with van der Waals surface area (Å²) >= 11 is 0. The molecule has 0 aliphatic carbocycles. The van der Waals surface area contributed by atoms with E-state index in [9.17, 15) is 4.39 Å². The molecule has 0 saturated carbocycles. The lowest BCUT2D eigenvalue weighted by Crippen LogP contribution is -2.54. The van der Waals surface area contributed by atoms with E-state index >= 15 is 0 Å². The van der Waals surface area contributed by atoms with Crippen LogP contribution in [0.5, 0.6) is 5.75 Å². The molecule has 2 aromatic carbocycles. The average molecular weight is 397 g/mol. The lowest BCUT2D eigenvalue weighted by Gasteiger charge is -2.50. The van der Waals surface area contributed by atoms with Crippen LogP contribution in [-0.2, 0) is 5.54 Å². The van der Waals surface area contributed by atoms with Crippen LogP contribution in [0.4, 0.5) is 4.39 Å². The Balaban J connectivity index is 1.40. The predicted molar refractivity (Wildman–Crippen MR) is 116 cm³/mol. The fraction of sp³-hybridized carbons (Fsp3) is 0.520. The number of hydrogen-bond acceptors (Lipinski definition) is 3. The van der Waals surface area contributed by atoms with E-state index < -0.39 is 0 Å². The van der Waals surface area contributed by atoms with Crippen LogP contribution >= 0.6 is 0 Å². The molecule has 156 valence electrons. The molecule has 2 saturated heterocycles. The molecule has 2 heterocycles. The highest BCUT2D eigenvalue weighted by atomic mass is 19.1. The Morgan fingerprint density at radius 3 is 2.21 bits per heavy atom. The van der Waals surface area contributed by atoms with Gasteiger partial charge in [-0.3, -0.25) is 9.80 Å². The summed E-state index contributed by atoms with van der Waals surface area (Å²) in [6.07, 6.45) is 0. The van der Waals surface area contributed by atoms with Crippen molar-refractivity contribution < 1.29 is 9.13 Å². The Hall–Kier alpha value is -1.91. The zero-order valence-corrected chi connectivity index (χ0v) is 18.3. The molecule has 0 radical (unpaired) electrons. The molecule has 0 spiro atoms. The molecule has 29 heavy (non-hydrogen) atoms. The molecule has 2 aromatic rings. The molecule has 0 amide bonds. The van der Waals surface area contributed by atoms with Gasteiger partial charge in [0.1, 0.15) is 11.6 Å². The molecule has 4 heteroatoms. The summed E-state index contributed by atoms with van der Waals surface area (Å²) in [6, 6.07) is 14.8. The lowest BCUT2D eigenvalue weighted by atomic mass is 9.81. The monoisotopic (exact) mass is 396 g/mol. The second-order valence-corrected chi connectivity index (χ2v) is 9.41. The smallest absolute Gasteiger partial charge is 0.126 e. The van der Waals surface area contributed by atoms with Gasteiger partial charge in [-0.1, -0.05) is 30.3 Å². The van der Waals surface area contributed by atoms with Crippen LogP contribution in [0.1, 0.15) is 56.2 Å². The predicted octanol–water partition coefficient (Wildman–Crippen LogP) is 4.98. The van der Waals surface area contributed by atoms with Crippen molar-refractivity contribution in [3.05, 3.63) is 65.0 Å². The minimum atomic E-state index is -0.245. The van der Waals surface area contributed by atoms with Gasteiger partial charge in [0.2, 0.25) is 0 Å². The second kappa shape index (κ2) is 7.73. The van der Waals surface area contributed by atoms with Crippen molar-refractivity contribution in [3.63, 3.8) is 0 Å². The fourth-order valence-electron chi connectivity index (χ4n) is 4.64. The summed E-state index contributed by atoms with van der Waals surface area (Å²) in [5, 5.41) is 0. The van der Waals surface area contributed by atoms with E-state index in [1.54, 1.807) is 7.11 Å². The van der Waals surface area contributed by atoms with Crippen LogP contribution < -0.4 is 4.74 Å². The number of hydrogen-bond donors (Lipinski definition) is 0. The Kier molecular flexibility index (Phi) is 5.43. The summed E-state index contributed by atoms with van der Waals surface area (Å²) < 4.78 is 18.9. The number of likely N-dealkylation sites (tertiary alicyclic amines) is 2. The van der Waals surface area contributed by atoms with Crippen LogP contribution in [0.15, 0.2) is 42.5 Å². The molecule has 0 bridgehead atoms. The molecule has 2 aliphatic rings. The highest BCUT2D eigenvalue weighted by molar-refractivity contribution is 5.39. The zero-order chi connectivity index (χ0) is 20.8. The number of ether oxygens (including phenoxy) is 1. The van der Waals surface area contributed by atoms with Crippen molar-refractivity contribution in [1.29, 1.82) is 0 Å². The Morgan fingerprint density at radius 2 is 1.62 bits per heavy atom. The van der Waals surface area contributed by atoms with E-state index in [1.165, 1.54) is 36.3 Å². The molecule has 0 aromatic heterocycles. The third kappa shape index (κ3) is 3.80. The van der Waals surface area contributed by atoms with Crippen LogP contribution in [0.25, 0.3) is 0 Å². The maximum atomic E-state index is 13.5. The van der Waals surface area contributed by atoms with Gasteiger partial charge in [0, 0.05) is 55.7 Å². The summed E-state index contributed by atoms with van der Waals surface area (Å²) in [4.78, 5) is 5.02. The molecular formula is C25H33FN2O. The Labute approximate surface area is 174 Å². The van der Waals surface area contributed by atoms with E-state index in [0.29, 0.717) is 23.6 Å². The molecule has 0 atom stereocenters. The number of benzene rings is 2. The third-order valence-corrected chi connectivity index (χ3v) is 7.04. The number of rotatable bonds is 6. The molecule has 3 nitrogen and oxygen atoms in total. The highest BCUT2D eigenvalue weighted by Crippen LogP contribution is 2.41. The number of nitrogens with zero attached hydrogens (tertiary/aromatic N) is 2. The van der Waals surface area contributed by atoms with Gasteiger partial charge < -0.3 is 4.74 Å². The van der Waals surface area contributed by atoms with E-state index in [0.717, 1.165) is 18.7 Å². The van der Waals surface area contributed by atoms with Crippen molar-refractivity contribution >= 4 is 0 Å². The van der Waals surface area contributed by atoms with Crippen LogP contribution in [0.2, 0.25) is 0 Å². The van der Waals surface area contributed by atoms with E-state index in [-0.39, 0.29) is 11.4 Å². The first kappa shape index (κ1) is 20.4. The maximum absolute atomic E-state index is 13.5. The number of halogens is 1. The molecule has 0 unspecified atom stereocenters. The van der Waals surface area contributed by atoms with E-state index in [1.807, 2.05) is 6.07 Å². The quantitative estimate of drug-likeness (QED) is 0.685. The summed E-state index contributed by atoms with van der Waals surface area (Å²) in [7, 11) is 1.61. The van der Waals surface area contributed by atoms with Gasteiger partial charge in [0.15, 0.2) is 0 Å². The van der Waals surface area contributed by atoms with Crippen molar-refractivity contribution in [2.24, 2.45) is 0 Å². The van der Waals surface area contributed by atoms with E-state index in [2.05, 4.69) is 61.8 Å². The fourth-order valence-corrected chi connectivity index (χ4v) is 4.64. The third-order valence-electron chi connectivity index (χ3n) is 7.04. The average Bonchev–Trinajstić information content (AvgIpc) is 2.60. The normalized spacial score (nSPS) is 19.3. The highest BCUT2D eigenvalue weighted by Gasteiger charge is 2.40. The van der Waals surface area contributed by atoms with Gasteiger partial charge in [-0.15, -0.1) is 0 Å². The van der Waals surface area contributed by atoms with Crippen LogP contribution in [0, 0.1) is 5.82 Å². The van der Waals surface area contributed by atoms with Gasteiger partial charge in [0.05, 0.1) is 7.11 Å². The van der Waals surface area contributed by atoms with E-state index in [4.69, 9.17) is 4.74 Å². The zero-order valence-electron chi connectivity index (χ0n) is 18.3. The van der Waals surface area contributed by atoms with Gasteiger partial charge in [-0.05, 0) is 50.5 Å². The van der Waals surface area contributed by atoms with Gasteiger partial charge in [-0.25, -0.2) is 4.39 Å². The van der Waals surface area contributed by atoms with Gasteiger partial charge in [-0.2, -0.15) is 0 Å². The summed E-state index contributed by atoms with van der Waals surface area (Å²) in [5.41, 5.74) is 3.90. The minimum Gasteiger partial charge on any atom is -0.496 e. The second-order valence-electron chi connectivity index (χ2n) is 9.41. The SMILES string of the molecule is COc1cc(F)ccc1C1CN(C(C)(C)c2ccc(C3CN(C(C)C)C3)cc2)C1. The lowest BCUT2D eigenvalue weighted by molar-refractivity contribution is 0.0316. The van der Waals surface area contributed by atoms with Crippen molar-refractivity contribution in [3.8, 4) is 5.75 Å². The van der Waals surface area contributed by atoms with Crippen molar-refractivity contribution in [1.82, 2.24) is 9.80 Å². The number of methoxy groups -OCH3 is 1. The Bertz CT molecular complexity index is 850. The summed E-state index contributed by atoms with van der Waals surface area (Å²) in [6.45, 7) is 13.4. The molecule has 0 N–H and O–H groups in total. The van der Waals surface area contributed by atoms with Gasteiger partial charge >= 0.3 is 0 Å². The molecular weight excluding hydrogens is 363 g/mol. The first-order valence-electron chi connectivity index (χ1n) is 10.7. The standard InChI is InChI=1S/C25H33FN2O/c1-17(2)27-13-19(14-27)18-6-8-21(9-7-18)25(3,4)28-15-20(16-28)23-11-10-22(26)12-24(23)29-5/h6-12,17,19-20H,13-16H2,1-5H3. The molecule has 4 rings (SSSR count). The molecule has 2 fully saturated rings. The van der Waals surface area contributed by atoms with Crippen molar-refractivity contribution in [2.75, 3.05) is 33.3 Å². The largest absolute Gasteiger partial charge is 0.496 e. The first-order chi connectivity index (χ1) is 13.8. The Morgan fingerprint density at radius 1 is 0.966 bits per heavy atom. The first-order valence-corrected chi connectivity index (χ1v) is 10.7. The topological polar surface area (TPSA) is 15.7 Å². The van der Waals surface area contributed by atoms with Crippen molar-refractivity contribution in [2.45, 2.75) is 51.1 Å². The molecule has 2 aliphatic heterocycles.